The van der Waals surface area contributed by atoms with Gasteiger partial charge in [0, 0.05) is 21.2 Å². The Morgan fingerprint density at radius 1 is 1.00 bits per heavy atom. The molecule has 2 aromatic carbocycles. The first-order chi connectivity index (χ1) is 8.50. The van der Waals surface area contributed by atoms with Gasteiger partial charge in [0.1, 0.15) is 6.10 Å². The summed E-state index contributed by atoms with van der Waals surface area (Å²) in [6, 6.07) is 8.02. The highest BCUT2D eigenvalue weighted by molar-refractivity contribution is 6.35. The summed E-state index contributed by atoms with van der Waals surface area (Å²) in [5, 5.41) is 10.6. The standard InChI is InChI=1S/C13H8Cl2F2O/c14-7-4-5-8(10(15)6-7)13(18)9-2-1-3-11(16)12(9)17/h1-6,13,18H. The average Bonchev–Trinajstić information content (AvgIpc) is 2.32. The first-order valence-electron chi connectivity index (χ1n) is 5.07. The van der Waals surface area contributed by atoms with Gasteiger partial charge in [-0.3, -0.25) is 0 Å². The minimum Gasteiger partial charge on any atom is -0.383 e. The van der Waals surface area contributed by atoms with Crippen LogP contribution in [0.15, 0.2) is 36.4 Å². The smallest absolute Gasteiger partial charge is 0.164 e. The Morgan fingerprint density at radius 2 is 1.72 bits per heavy atom. The Morgan fingerprint density at radius 3 is 2.39 bits per heavy atom. The van der Waals surface area contributed by atoms with Crippen molar-refractivity contribution in [3.63, 3.8) is 0 Å². The van der Waals surface area contributed by atoms with Gasteiger partial charge in [-0.15, -0.1) is 0 Å². The number of benzene rings is 2. The van der Waals surface area contributed by atoms with Crippen LogP contribution in [0.4, 0.5) is 8.78 Å². The molecule has 0 aliphatic carbocycles. The number of hydrogen-bond donors (Lipinski definition) is 1. The van der Waals surface area contributed by atoms with Gasteiger partial charge in [0.05, 0.1) is 0 Å². The Bertz CT molecular complexity index is 587. The number of rotatable bonds is 2. The van der Waals surface area contributed by atoms with E-state index < -0.39 is 17.7 Å². The third-order valence-electron chi connectivity index (χ3n) is 2.53. The zero-order valence-corrected chi connectivity index (χ0v) is 10.5. The van der Waals surface area contributed by atoms with Gasteiger partial charge in [0.2, 0.25) is 0 Å². The van der Waals surface area contributed by atoms with E-state index in [-0.39, 0.29) is 16.1 Å². The summed E-state index contributed by atoms with van der Waals surface area (Å²) < 4.78 is 26.6. The quantitative estimate of drug-likeness (QED) is 0.871. The fraction of sp³-hybridized carbons (Fsp3) is 0.0769. The highest BCUT2D eigenvalue weighted by Gasteiger charge is 2.19. The van der Waals surface area contributed by atoms with Gasteiger partial charge >= 0.3 is 0 Å². The van der Waals surface area contributed by atoms with Gasteiger partial charge in [-0.1, -0.05) is 41.4 Å². The molecule has 0 fully saturated rings. The van der Waals surface area contributed by atoms with E-state index in [9.17, 15) is 13.9 Å². The Kier molecular flexibility index (Phi) is 3.85. The van der Waals surface area contributed by atoms with E-state index in [1.165, 1.54) is 30.3 Å². The second-order valence-electron chi connectivity index (χ2n) is 3.71. The number of aliphatic hydroxyl groups is 1. The van der Waals surface area contributed by atoms with Crippen molar-refractivity contribution in [1.82, 2.24) is 0 Å². The molecule has 2 rings (SSSR count). The topological polar surface area (TPSA) is 20.2 Å². The number of hydrogen-bond acceptors (Lipinski definition) is 1. The first-order valence-corrected chi connectivity index (χ1v) is 5.83. The van der Waals surface area contributed by atoms with Crippen molar-refractivity contribution in [1.29, 1.82) is 0 Å². The Labute approximate surface area is 113 Å². The molecule has 0 aliphatic heterocycles. The minimum absolute atomic E-state index is 0.167. The molecule has 5 heteroatoms. The molecule has 1 atom stereocenters. The van der Waals surface area contributed by atoms with E-state index in [1.54, 1.807) is 0 Å². The van der Waals surface area contributed by atoms with Crippen LogP contribution in [0.1, 0.15) is 17.2 Å². The van der Waals surface area contributed by atoms with Crippen LogP contribution in [0.25, 0.3) is 0 Å². The summed E-state index contributed by atoms with van der Waals surface area (Å²) in [4.78, 5) is 0. The van der Waals surface area contributed by atoms with E-state index in [4.69, 9.17) is 23.2 Å². The predicted molar refractivity (Wildman–Crippen MR) is 66.9 cm³/mol. The van der Waals surface area contributed by atoms with Crippen LogP contribution in [0.3, 0.4) is 0 Å². The molecule has 0 spiro atoms. The molecule has 1 nitrogen and oxygen atoms in total. The number of aliphatic hydroxyl groups excluding tert-OH is 1. The fourth-order valence-corrected chi connectivity index (χ4v) is 2.13. The fourth-order valence-electron chi connectivity index (χ4n) is 1.62. The molecule has 0 radical (unpaired) electrons. The molecule has 1 N–H and O–H groups in total. The third kappa shape index (κ3) is 2.48. The van der Waals surface area contributed by atoms with Crippen LogP contribution < -0.4 is 0 Å². The molecular formula is C13H8Cl2F2O. The maximum Gasteiger partial charge on any atom is 0.164 e. The molecule has 0 aromatic heterocycles. The highest BCUT2D eigenvalue weighted by atomic mass is 35.5. The summed E-state index contributed by atoms with van der Waals surface area (Å²) in [6.07, 6.45) is -1.34. The normalized spacial score (nSPS) is 12.5. The molecule has 2 aromatic rings. The Hall–Kier alpha value is -1.16. The van der Waals surface area contributed by atoms with Crippen molar-refractivity contribution in [3.05, 3.63) is 69.2 Å². The molecule has 1 unspecified atom stereocenters. The van der Waals surface area contributed by atoms with Crippen molar-refractivity contribution in [3.8, 4) is 0 Å². The third-order valence-corrected chi connectivity index (χ3v) is 3.10. The summed E-state index contributed by atoms with van der Waals surface area (Å²) >= 11 is 11.6. The summed E-state index contributed by atoms with van der Waals surface area (Å²) in [5.74, 6) is -2.10. The average molecular weight is 289 g/mol. The van der Waals surface area contributed by atoms with Crippen molar-refractivity contribution < 1.29 is 13.9 Å². The monoisotopic (exact) mass is 288 g/mol. The van der Waals surface area contributed by atoms with Crippen molar-refractivity contribution >= 4 is 23.2 Å². The summed E-state index contributed by atoms with van der Waals surface area (Å²) in [5.41, 5.74) is 0.102. The Balaban J connectivity index is 2.48. The van der Waals surface area contributed by atoms with Gasteiger partial charge in [0.15, 0.2) is 11.6 Å². The lowest BCUT2D eigenvalue weighted by atomic mass is 10.0. The maximum absolute atomic E-state index is 13.5. The van der Waals surface area contributed by atoms with Crippen LogP contribution in [0.5, 0.6) is 0 Å². The molecule has 0 bridgehead atoms. The van der Waals surface area contributed by atoms with E-state index in [0.29, 0.717) is 5.02 Å². The van der Waals surface area contributed by atoms with Crippen molar-refractivity contribution in [2.75, 3.05) is 0 Å². The second-order valence-corrected chi connectivity index (χ2v) is 4.56. The van der Waals surface area contributed by atoms with Crippen LogP contribution in [-0.4, -0.2) is 5.11 Å². The van der Waals surface area contributed by atoms with Crippen LogP contribution in [0.2, 0.25) is 10.0 Å². The lowest BCUT2D eigenvalue weighted by molar-refractivity contribution is 0.213. The molecule has 0 heterocycles. The molecule has 18 heavy (non-hydrogen) atoms. The molecule has 94 valence electrons. The largest absolute Gasteiger partial charge is 0.383 e. The summed E-state index contributed by atoms with van der Waals surface area (Å²) in [6.45, 7) is 0. The van der Waals surface area contributed by atoms with Crippen LogP contribution >= 0.6 is 23.2 Å². The lowest BCUT2D eigenvalue weighted by Crippen LogP contribution is -2.04. The van der Waals surface area contributed by atoms with E-state index in [2.05, 4.69) is 0 Å². The molecule has 0 saturated heterocycles. The molecule has 0 amide bonds. The zero-order valence-electron chi connectivity index (χ0n) is 9.00. The van der Waals surface area contributed by atoms with Gasteiger partial charge in [-0.05, 0) is 18.2 Å². The van der Waals surface area contributed by atoms with Gasteiger partial charge < -0.3 is 5.11 Å². The van der Waals surface area contributed by atoms with E-state index in [1.807, 2.05) is 0 Å². The van der Waals surface area contributed by atoms with Crippen LogP contribution in [0, 0.1) is 11.6 Å². The van der Waals surface area contributed by atoms with Crippen molar-refractivity contribution in [2.45, 2.75) is 6.10 Å². The summed E-state index contributed by atoms with van der Waals surface area (Å²) in [7, 11) is 0. The van der Waals surface area contributed by atoms with Gasteiger partial charge in [0.25, 0.3) is 0 Å². The maximum atomic E-state index is 13.5. The predicted octanol–water partition coefficient (Wildman–Crippen LogP) is 4.35. The SMILES string of the molecule is OC(c1ccc(Cl)cc1Cl)c1cccc(F)c1F. The zero-order chi connectivity index (χ0) is 13.3. The molecule has 0 saturated carbocycles. The van der Waals surface area contributed by atoms with E-state index >= 15 is 0 Å². The van der Waals surface area contributed by atoms with Crippen molar-refractivity contribution in [2.24, 2.45) is 0 Å². The molecular weight excluding hydrogens is 281 g/mol. The minimum atomic E-state index is -1.34. The van der Waals surface area contributed by atoms with Gasteiger partial charge in [-0.2, -0.15) is 0 Å². The first kappa shape index (κ1) is 13.3. The number of halogens is 4. The molecule has 0 aliphatic rings. The van der Waals surface area contributed by atoms with Gasteiger partial charge in [-0.25, -0.2) is 8.78 Å². The van der Waals surface area contributed by atoms with E-state index in [0.717, 1.165) is 6.07 Å². The second kappa shape index (κ2) is 5.22. The highest BCUT2D eigenvalue weighted by Crippen LogP contribution is 2.31. The lowest BCUT2D eigenvalue weighted by Gasteiger charge is -2.14. The van der Waals surface area contributed by atoms with Crippen LogP contribution in [-0.2, 0) is 0 Å².